The smallest absolute Gasteiger partial charge is 0.252 e. The van der Waals surface area contributed by atoms with Crippen LogP contribution in [0.3, 0.4) is 0 Å². The summed E-state index contributed by atoms with van der Waals surface area (Å²) in [7, 11) is 3.52. The second-order valence-corrected chi connectivity index (χ2v) is 9.08. The summed E-state index contributed by atoms with van der Waals surface area (Å²) in [6.45, 7) is 2.54. The molecule has 0 radical (unpaired) electrons. The summed E-state index contributed by atoms with van der Waals surface area (Å²) in [6.07, 6.45) is 5.72. The summed E-state index contributed by atoms with van der Waals surface area (Å²) >= 11 is 0. The van der Waals surface area contributed by atoms with Gasteiger partial charge in [0.1, 0.15) is 5.75 Å². The third-order valence-corrected chi connectivity index (χ3v) is 6.40. The Morgan fingerprint density at radius 2 is 1.97 bits per heavy atom. The number of hydrogen-bond acceptors (Lipinski definition) is 7. The molecule has 0 saturated heterocycles. The predicted molar refractivity (Wildman–Crippen MR) is 131 cm³/mol. The standard InChI is InChI=1S/C26H30N6O3/c1-16-23-20(15-21(17-8-9-17)28-25(23)32(2)30-16)26(33)27-14-6-4-5-7-22-29-24(31-35-22)18-10-12-19(34-3)13-11-18/h10-13,15,17H,4-9,14H2,1-3H3,(H,27,33). The van der Waals surface area contributed by atoms with Gasteiger partial charge >= 0.3 is 0 Å². The lowest BCUT2D eigenvalue weighted by atomic mass is 10.1. The van der Waals surface area contributed by atoms with Gasteiger partial charge in [-0.25, -0.2) is 4.98 Å². The van der Waals surface area contributed by atoms with Crippen LogP contribution in [0.2, 0.25) is 0 Å². The first-order chi connectivity index (χ1) is 17.0. The Labute approximate surface area is 203 Å². The van der Waals surface area contributed by atoms with Gasteiger partial charge < -0.3 is 14.6 Å². The summed E-state index contributed by atoms with van der Waals surface area (Å²) < 4.78 is 12.3. The fourth-order valence-corrected chi connectivity index (χ4v) is 4.32. The molecule has 1 aliphatic carbocycles. The number of aryl methyl sites for hydroxylation is 3. The number of nitrogens with one attached hydrogen (secondary N) is 1. The van der Waals surface area contributed by atoms with Crippen LogP contribution in [0.1, 0.15) is 65.7 Å². The zero-order valence-electron chi connectivity index (χ0n) is 20.4. The molecule has 0 unspecified atom stereocenters. The normalized spacial score (nSPS) is 13.3. The number of unbranched alkanes of at least 4 members (excludes halogenated alkanes) is 2. The monoisotopic (exact) mass is 474 g/mol. The average molecular weight is 475 g/mol. The minimum atomic E-state index is -0.0589. The van der Waals surface area contributed by atoms with E-state index in [1.165, 1.54) is 0 Å². The van der Waals surface area contributed by atoms with Crippen LogP contribution in [-0.2, 0) is 13.5 Å². The maximum atomic E-state index is 13.0. The molecule has 1 aromatic carbocycles. The van der Waals surface area contributed by atoms with Gasteiger partial charge in [0.15, 0.2) is 5.65 Å². The van der Waals surface area contributed by atoms with Crippen LogP contribution in [0, 0.1) is 6.92 Å². The Balaban J connectivity index is 1.11. The lowest BCUT2D eigenvalue weighted by Gasteiger charge is -2.09. The van der Waals surface area contributed by atoms with Crippen LogP contribution in [0.4, 0.5) is 0 Å². The van der Waals surface area contributed by atoms with E-state index in [2.05, 4.69) is 20.6 Å². The number of aromatic nitrogens is 5. The van der Waals surface area contributed by atoms with E-state index in [-0.39, 0.29) is 5.91 Å². The average Bonchev–Trinajstić information content (AvgIpc) is 3.55. The molecule has 1 saturated carbocycles. The Morgan fingerprint density at radius 3 is 2.71 bits per heavy atom. The quantitative estimate of drug-likeness (QED) is 0.340. The van der Waals surface area contributed by atoms with Crippen LogP contribution in [0.5, 0.6) is 5.75 Å². The van der Waals surface area contributed by atoms with Crippen molar-refractivity contribution in [2.75, 3.05) is 13.7 Å². The molecule has 1 N–H and O–H groups in total. The van der Waals surface area contributed by atoms with Crippen molar-refractivity contribution in [2.24, 2.45) is 7.05 Å². The van der Waals surface area contributed by atoms with E-state index in [1.54, 1.807) is 11.8 Å². The SMILES string of the molecule is COc1ccc(-c2noc(CCCCCNC(=O)c3cc(C4CC4)nc4c3c(C)nn4C)n2)cc1. The maximum Gasteiger partial charge on any atom is 0.252 e. The van der Waals surface area contributed by atoms with Gasteiger partial charge in [0.05, 0.1) is 23.8 Å². The van der Waals surface area contributed by atoms with Gasteiger partial charge in [-0.2, -0.15) is 10.1 Å². The number of methoxy groups -OCH3 is 1. The van der Waals surface area contributed by atoms with Crippen molar-refractivity contribution >= 4 is 16.9 Å². The van der Waals surface area contributed by atoms with Crippen LogP contribution in [-0.4, -0.2) is 44.5 Å². The molecule has 3 heterocycles. The molecular formula is C26H30N6O3. The first kappa shape index (κ1) is 23.0. The number of ether oxygens (including phenoxy) is 1. The summed E-state index contributed by atoms with van der Waals surface area (Å²) in [5, 5.41) is 12.5. The Hall–Kier alpha value is -3.75. The largest absolute Gasteiger partial charge is 0.497 e. The van der Waals surface area contributed by atoms with E-state index in [9.17, 15) is 4.79 Å². The molecule has 0 spiro atoms. The molecule has 0 atom stereocenters. The second-order valence-electron chi connectivity index (χ2n) is 9.08. The van der Waals surface area contributed by atoms with Crippen molar-refractivity contribution in [1.29, 1.82) is 0 Å². The Morgan fingerprint density at radius 1 is 1.17 bits per heavy atom. The van der Waals surface area contributed by atoms with Gasteiger partial charge in [-0.15, -0.1) is 0 Å². The van der Waals surface area contributed by atoms with Crippen molar-refractivity contribution in [1.82, 2.24) is 30.2 Å². The minimum absolute atomic E-state index is 0.0589. The fraction of sp³-hybridized carbons (Fsp3) is 0.423. The van der Waals surface area contributed by atoms with Gasteiger partial charge in [-0.05, 0) is 62.9 Å². The molecular weight excluding hydrogens is 444 g/mol. The van der Waals surface area contributed by atoms with E-state index in [0.29, 0.717) is 36.2 Å². The number of hydrogen-bond donors (Lipinski definition) is 1. The van der Waals surface area contributed by atoms with Crippen LogP contribution in [0.15, 0.2) is 34.9 Å². The van der Waals surface area contributed by atoms with Crippen LogP contribution >= 0.6 is 0 Å². The summed E-state index contributed by atoms with van der Waals surface area (Å²) in [4.78, 5) is 22.3. The Bertz CT molecular complexity index is 1340. The molecule has 5 rings (SSSR count). The third-order valence-electron chi connectivity index (χ3n) is 6.40. The molecule has 4 aromatic rings. The first-order valence-corrected chi connectivity index (χ1v) is 12.1. The second kappa shape index (κ2) is 9.85. The molecule has 35 heavy (non-hydrogen) atoms. The maximum absolute atomic E-state index is 13.0. The molecule has 9 heteroatoms. The molecule has 0 bridgehead atoms. The highest BCUT2D eigenvalue weighted by Gasteiger charge is 2.28. The fourth-order valence-electron chi connectivity index (χ4n) is 4.32. The highest BCUT2D eigenvalue weighted by Crippen LogP contribution is 2.40. The van der Waals surface area contributed by atoms with Gasteiger partial charge in [-0.3, -0.25) is 9.48 Å². The molecule has 182 valence electrons. The first-order valence-electron chi connectivity index (χ1n) is 12.1. The zero-order chi connectivity index (χ0) is 24.4. The van der Waals surface area contributed by atoms with Gasteiger partial charge in [0, 0.05) is 37.2 Å². The third kappa shape index (κ3) is 5.03. The number of amides is 1. The van der Waals surface area contributed by atoms with Crippen LogP contribution < -0.4 is 10.1 Å². The topological polar surface area (TPSA) is 108 Å². The highest BCUT2D eigenvalue weighted by atomic mass is 16.5. The van der Waals surface area contributed by atoms with E-state index in [0.717, 1.165) is 65.8 Å². The van der Waals surface area contributed by atoms with Crippen molar-refractivity contribution in [2.45, 2.75) is 51.4 Å². The van der Waals surface area contributed by atoms with E-state index < -0.39 is 0 Å². The summed E-state index contributed by atoms with van der Waals surface area (Å²) in [5.74, 6) is 2.40. The molecule has 1 fully saturated rings. The molecule has 3 aromatic heterocycles. The number of rotatable bonds is 10. The zero-order valence-corrected chi connectivity index (χ0v) is 20.4. The van der Waals surface area contributed by atoms with Gasteiger partial charge in [0.2, 0.25) is 11.7 Å². The number of nitrogens with zero attached hydrogens (tertiary/aromatic N) is 5. The molecule has 0 aliphatic heterocycles. The summed E-state index contributed by atoms with van der Waals surface area (Å²) in [5.41, 5.74) is 4.18. The van der Waals surface area contributed by atoms with Crippen molar-refractivity contribution < 1.29 is 14.1 Å². The minimum Gasteiger partial charge on any atom is -0.497 e. The van der Waals surface area contributed by atoms with Crippen LogP contribution in [0.25, 0.3) is 22.4 Å². The van der Waals surface area contributed by atoms with Crippen molar-refractivity contribution in [3.63, 3.8) is 0 Å². The Kier molecular flexibility index (Phi) is 6.48. The molecule has 1 amide bonds. The predicted octanol–water partition coefficient (Wildman–Crippen LogP) is 4.36. The van der Waals surface area contributed by atoms with Gasteiger partial charge in [0.25, 0.3) is 5.91 Å². The summed E-state index contributed by atoms with van der Waals surface area (Å²) in [6, 6.07) is 9.53. The molecule has 9 nitrogen and oxygen atoms in total. The van der Waals surface area contributed by atoms with Crippen molar-refractivity contribution in [3.05, 3.63) is 53.2 Å². The van der Waals surface area contributed by atoms with Gasteiger partial charge in [-0.1, -0.05) is 11.6 Å². The number of carbonyl (C=O) groups excluding carboxylic acids is 1. The number of carbonyl (C=O) groups is 1. The highest BCUT2D eigenvalue weighted by molar-refractivity contribution is 6.06. The number of benzene rings is 1. The van der Waals surface area contributed by atoms with E-state index >= 15 is 0 Å². The number of pyridine rings is 1. The van der Waals surface area contributed by atoms with Crippen molar-refractivity contribution in [3.8, 4) is 17.1 Å². The number of fused-ring (bicyclic) bond motifs is 1. The van der Waals surface area contributed by atoms with E-state index in [4.69, 9.17) is 14.2 Å². The van der Waals surface area contributed by atoms with E-state index in [1.807, 2.05) is 44.3 Å². The lowest BCUT2D eigenvalue weighted by molar-refractivity contribution is 0.0954. The lowest BCUT2D eigenvalue weighted by Crippen LogP contribution is -2.25. The molecule has 1 aliphatic rings.